The smallest absolute Gasteiger partial charge is 0.408 e. The molecule has 0 unspecified atom stereocenters. The molecule has 7 nitrogen and oxygen atoms in total. The molecule has 0 saturated carbocycles. The summed E-state index contributed by atoms with van der Waals surface area (Å²) in [4.78, 5) is 11.0. The highest BCUT2D eigenvalue weighted by Gasteiger charge is 2.47. The van der Waals surface area contributed by atoms with Gasteiger partial charge in [0.1, 0.15) is 6.04 Å². The first-order chi connectivity index (χ1) is 10.8. The van der Waals surface area contributed by atoms with Gasteiger partial charge in [0.25, 0.3) is 0 Å². The van der Waals surface area contributed by atoms with Gasteiger partial charge in [0, 0.05) is 37.8 Å². The molecule has 0 amide bonds. The number of nitriles is 1. The van der Waals surface area contributed by atoms with Crippen LogP contribution in [0.4, 0.5) is 18.9 Å². The molecule has 1 aliphatic rings. The molecule has 0 aromatic heterocycles. The van der Waals surface area contributed by atoms with Crippen LogP contribution in [0.1, 0.15) is 17.2 Å². The molecule has 2 rings (SSSR count). The van der Waals surface area contributed by atoms with Gasteiger partial charge in [0.15, 0.2) is 5.75 Å². The van der Waals surface area contributed by atoms with Gasteiger partial charge in [-0.05, 0) is 6.07 Å². The minimum atomic E-state index is -4.75. The number of halogens is 3. The summed E-state index contributed by atoms with van der Waals surface area (Å²) in [5.74, 6) is -1.06. The zero-order valence-electron chi connectivity index (χ0n) is 11.8. The van der Waals surface area contributed by atoms with Crippen molar-refractivity contribution >= 4 is 5.69 Å². The third kappa shape index (κ3) is 3.52. The van der Waals surface area contributed by atoms with Gasteiger partial charge >= 0.3 is 11.9 Å². The van der Waals surface area contributed by atoms with Gasteiger partial charge < -0.3 is 10.4 Å². The molecule has 0 bridgehead atoms. The zero-order chi connectivity index (χ0) is 17.2. The van der Waals surface area contributed by atoms with E-state index in [1.807, 2.05) is 0 Å². The average Bonchev–Trinajstić information content (AvgIpc) is 2.48. The van der Waals surface area contributed by atoms with Gasteiger partial charge in [0.05, 0.1) is 16.6 Å². The molecular formula is C13H13F3N4O3. The van der Waals surface area contributed by atoms with Crippen LogP contribution in [0.25, 0.3) is 0 Å². The van der Waals surface area contributed by atoms with Gasteiger partial charge in [-0.3, -0.25) is 15.0 Å². The number of nitro benzene ring substituents is 1. The first-order valence-electron chi connectivity index (χ1n) is 6.68. The lowest BCUT2D eigenvalue weighted by molar-refractivity contribution is -0.386. The third-order valence-electron chi connectivity index (χ3n) is 3.57. The highest BCUT2D eigenvalue weighted by Crippen LogP contribution is 2.44. The van der Waals surface area contributed by atoms with Crippen LogP contribution in [0.15, 0.2) is 12.1 Å². The fraction of sp³-hybridized carbons (Fsp3) is 0.462. The van der Waals surface area contributed by atoms with Crippen molar-refractivity contribution in [2.24, 2.45) is 0 Å². The Labute approximate surface area is 129 Å². The maximum atomic E-state index is 13.5. The first kappa shape index (κ1) is 17.0. The largest absolute Gasteiger partial charge is 0.502 e. The lowest BCUT2D eigenvalue weighted by atomic mass is 9.99. The molecule has 2 N–H and O–H groups in total. The molecule has 1 aliphatic heterocycles. The fourth-order valence-electron chi connectivity index (χ4n) is 2.57. The van der Waals surface area contributed by atoms with E-state index >= 15 is 0 Å². The number of nitrogens with one attached hydrogen (secondary N) is 1. The number of phenolic OH excluding ortho intramolecular Hbond substituents is 1. The normalized spacial score (nSPS) is 17.5. The highest BCUT2D eigenvalue weighted by atomic mass is 19.4. The van der Waals surface area contributed by atoms with Crippen molar-refractivity contribution in [1.82, 2.24) is 10.2 Å². The van der Waals surface area contributed by atoms with Crippen LogP contribution in [-0.4, -0.2) is 47.3 Å². The van der Waals surface area contributed by atoms with E-state index < -0.39 is 34.1 Å². The Hall–Kier alpha value is -2.38. The van der Waals surface area contributed by atoms with E-state index in [-0.39, 0.29) is 18.7 Å². The van der Waals surface area contributed by atoms with E-state index in [0.29, 0.717) is 13.1 Å². The predicted octanol–water partition coefficient (Wildman–Crippen LogP) is 1.68. The quantitative estimate of drug-likeness (QED) is 0.646. The van der Waals surface area contributed by atoms with Gasteiger partial charge in [0.2, 0.25) is 0 Å². The molecule has 124 valence electrons. The fourth-order valence-corrected chi connectivity index (χ4v) is 2.57. The number of nitro groups is 1. The Morgan fingerprint density at radius 2 is 2.00 bits per heavy atom. The highest BCUT2D eigenvalue weighted by molar-refractivity contribution is 5.57. The van der Waals surface area contributed by atoms with Crippen LogP contribution in [0.2, 0.25) is 0 Å². The number of hydrogen-bond donors (Lipinski definition) is 2. The second-order valence-corrected chi connectivity index (χ2v) is 5.03. The second kappa shape index (κ2) is 6.39. The van der Waals surface area contributed by atoms with E-state index in [1.165, 1.54) is 0 Å². The molecule has 1 heterocycles. The molecule has 10 heteroatoms. The summed E-state index contributed by atoms with van der Waals surface area (Å²) in [6.07, 6.45) is -4.75. The monoisotopic (exact) mass is 330 g/mol. The lowest BCUT2D eigenvalue weighted by Crippen LogP contribution is -2.49. The average molecular weight is 330 g/mol. The Morgan fingerprint density at radius 3 is 2.48 bits per heavy atom. The van der Waals surface area contributed by atoms with E-state index in [0.717, 1.165) is 17.0 Å². The molecule has 0 radical (unpaired) electrons. The summed E-state index contributed by atoms with van der Waals surface area (Å²) in [6.45, 7) is 0.781. The SMILES string of the molecule is N#Cc1cc([C@H](N2CCNCC2)C(F)(F)F)c(O)c([N+](=O)[O-])c1. The van der Waals surface area contributed by atoms with Crippen molar-refractivity contribution in [1.29, 1.82) is 5.26 Å². The molecule has 0 aliphatic carbocycles. The van der Waals surface area contributed by atoms with Crippen molar-refractivity contribution in [2.45, 2.75) is 12.2 Å². The maximum absolute atomic E-state index is 13.5. The molecule has 0 spiro atoms. The van der Waals surface area contributed by atoms with Crippen LogP contribution in [0.5, 0.6) is 5.75 Å². The van der Waals surface area contributed by atoms with Crippen molar-refractivity contribution in [2.75, 3.05) is 26.2 Å². The van der Waals surface area contributed by atoms with Gasteiger partial charge in [-0.1, -0.05) is 0 Å². The lowest BCUT2D eigenvalue weighted by Gasteiger charge is -2.36. The maximum Gasteiger partial charge on any atom is 0.408 e. The topological polar surface area (TPSA) is 102 Å². The summed E-state index contributed by atoms with van der Waals surface area (Å²) < 4.78 is 40.5. The van der Waals surface area contributed by atoms with Crippen LogP contribution in [0.3, 0.4) is 0 Å². The Morgan fingerprint density at radius 1 is 1.39 bits per heavy atom. The summed E-state index contributed by atoms with van der Waals surface area (Å²) in [7, 11) is 0. The number of piperazine rings is 1. The number of nitrogens with zero attached hydrogens (tertiary/aromatic N) is 3. The van der Waals surface area contributed by atoms with Crippen LogP contribution in [-0.2, 0) is 0 Å². The number of alkyl halides is 3. The molecule has 1 aromatic carbocycles. The molecule has 1 atom stereocenters. The number of aromatic hydroxyl groups is 1. The number of rotatable bonds is 3. The standard InChI is InChI=1S/C13H13F3N4O3/c14-13(15,16)12(19-3-1-18-2-4-19)9-5-8(7-17)6-10(11(9)21)20(22)23/h5-6,12,18,21H,1-4H2/t12-/m0/s1. The summed E-state index contributed by atoms with van der Waals surface area (Å²) in [5.41, 5.74) is -1.90. The van der Waals surface area contributed by atoms with E-state index in [1.54, 1.807) is 6.07 Å². The van der Waals surface area contributed by atoms with Gasteiger partial charge in [-0.25, -0.2) is 0 Å². The van der Waals surface area contributed by atoms with Crippen molar-refractivity contribution in [3.63, 3.8) is 0 Å². The zero-order valence-corrected chi connectivity index (χ0v) is 11.8. The third-order valence-corrected chi connectivity index (χ3v) is 3.57. The minimum absolute atomic E-state index is 0.0637. The van der Waals surface area contributed by atoms with E-state index in [4.69, 9.17) is 5.26 Å². The molecular weight excluding hydrogens is 317 g/mol. The van der Waals surface area contributed by atoms with Crippen LogP contribution < -0.4 is 5.32 Å². The first-order valence-corrected chi connectivity index (χ1v) is 6.68. The van der Waals surface area contributed by atoms with E-state index in [9.17, 15) is 28.4 Å². The Bertz CT molecular complexity index is 651. The predicted molar refractivity (Wildman–Crippen MR) is 72.7 cm³/mol. The minimum Gasteiger partial charge on any atom is -0.502 e. The number of benzene rings is 1. The van der Waals surface area contributed by atoms with Crippen LogP contribution in [0, 0.1) is 21.4 Å². The summed E-state index contributed by atoms with van der Waals surface area (Å²) >= 11 is 0. The molecule has 1 fully saturated rings. The Kier molecular flexibility index (Phi) is 4.72. The number of phenols is 1. The van der Waals surface area contributed by atoms with Gasteiger partial charge in [-0.15, -0.1) is 0 Å². The Balaban J connectivity index is 2.60. The molecule has 23 heavy (non-hydrogen) atoms. The van der Waals surface area contributed by atoms with Crippen molar-refractivity contribution in [3.8, 4) is 11.8 Å². The number of hydrogen-bond acceptors (Lipinski definition) is 6. The second-order valence-electron chi connectivity index (χ2n) is 5.03. The summed E-state index contributed by atoms with van der Waals surface area (Å²) in [6, 6.07) is 0.978. The molecule has 1 aromatic rings. The van der Waals surface area contributed by atoms with Crippen molar-refractivity contribution < 1.29 is 23.2 Å². The van der Waals surface area contributed by atoms with E-state index in [2.05, 4.69) is 5.32 Å². The van der Waals surface area contributed by atoms with Gasteiger partial charge in [-0.2, -0.15) is 18.4 Å². The summed E-state index contributed by atoms with van der Waals surface area (Å²) in [5, 5.41) is 32.7. The molecule has 1 saturated heterocycles. The van der Waals surface area contributed by atoms with Crippen LogP contribution >= 0.6 is 0 Å². The van der Waals surface area contributed by atoms with Crippen molar-refractivity contribution in [3.05, 3.63) is 33.4 Å².